The summed E-state index contributed by atoms with van der Waals surface area (Å²) in [5.74, 6) is 1.11. The van der Waals surface area contributed by atoms with Crippen LogP contribution < -0.4 is 9.47 Å². The Morgan fingerprint density at radius 1 is 1.12 bits per heavy atom. The fraction of sp³-hybridized carbons (Fsp3) is 0.174. The summed E-state index contributed by atoms with van der Waals surface area (Å²) in [5.41, 5.74) is 1.14. The summed E-state index contributed by atoms with van der Waals surface area (Å²) in [6.45, 7) is 0.728. The second-order valence-electron chi connectivity index (χ2n) is 7.29. The Bertz CT molecular complexity index is 1240. The molecule has 1 saturated heterocycles. The van der Waals surface area contributed by atoms with Gasteiger partial charge < -0.3 is 18.9 Å². The number of benzene rings is 2. The van der Waals surface area contributed by atoms with Gasteiger partial charge in [-0.2, -0.15) is 4.98 Å². The molecule has 0 radical (unpaired) electrons. The Kier molecular flexibility index (Phi) is 5.62. The minimum absolute atomic E-state index is 0.123. The average Bonchev–Trinajstić information content (AvgIpc) is 3.31. The second-order valence-corrected chi connectivity index (χ2v) is 7.29. The van der Waals surface area contributed by atoms with Gasteiger partial charge in [0.25, 0.3) is 11.8 Å². The molecule has 10 heteroatoms. The Labute approximate surface area is 187 Å². The summed E-state index contributed by atoms with van der Waals surface area (Å²) in [6, 6.07) is 12.8. The highest BCUT2D eigenvalue weighted by molar-refractivity contribution is 5.78. The number of amides is 1. The molecule has 9 nitrogen and oxygen atoms in total. The molecule has 0 bridgehead atoms. The summed E-state index contributed by atoms with van der Waals surface area (Å²) in [4.78, 5) is 26.5. The van der Waals surface area contributed by atoms with Crippen molar-refractivity contribution >= 4 is 5.91 Å². The van der Waals surface area contributed by atoms with E-state index >= 15 is 0 Å². The van der Waals surface area contributed by atoms with E-state index in [1.165, 1.54) is 24.3 Å². The number of hydrogen-bond donors (Lipinski definition) is 0. The highest BCUT2D eigenvalue weighted by atomic mass is 19.1. The van der Waals surface area contributed by atoms with E-state index in [9.17, 15) is 9.18 Å². The molecule has 1 amide bonds. The summed E-state index contributed by atoms with van der Waals surface area (Å²) in [5, 5.41) is 3.97. The Morgan fingerprint density at radius 3 is 2.73 bits per heavy atom. The molecule has 1 aliphatic rings. The maximum atomic E-state index is 13.0. The Hall–Kier alpha value is -4.34. The van der Waals surface area contributed by atoms with Crippen molar-refractivity contribution in [3.63, 3.8) is 0 Å². The molecule has 0 unspecified atom stereocenters. The van der Waals surface area contributed by atoms with Gasteiger partial charge in [0.05, 0.1) is 24.8 Å². The van der Waals surface area contributed by atoms with Crippen molar-refractivity contribution in [2.75, 3.05) is 19.7 Å². The van der Waals surface area contributed by atoms with Gasteiger partial charge in [0.2, 0.25) is 5.82 Å². The van der Waals surface area contributed by atoms with Gasteiger partial charge in [0.15, 0.2) is 6.61 Å². The predicted octanol–water partition coefficient (Wildman–Crippen LogP) is 3.00. The fourth-order valence-corrected chi connectivity index (χ4v) is 3.26. The summed E-state index contributed by atoms with van der Waals surface area (Å²) < 4.78 is 29.8. The molecular formula is C23H18FN5O4. The lowest BCUT2D eigenvalue weighted by molar-refractivity contribution is -0.142. The van der Waals surface area contributed by atoms with E-state index in [1.807, 2.05) is 24.3 Å². The first-order valence-corrected chi connectivity index (χ1v) is 10.2. The SMILES string of the molecule is O=C(COc1ccc(F)cc1)N1CC(Oc2ccccc2-c2nc(-c3cnccn3)no2)C1. The zero-order chi connectivity index (χ0) is 22.6. The molecule has 4 aromatic rings. The van der Waals surface area contributed by atoms with Gasteiger partial charge in [-0.3, -0.25) is 9.78 Å². The Morgan fingerprint density at radius 2 is 1.94 bits per heavy atom. The first kappa shape index (κ1) is 20.6. The number of nitrogens with zero attached hydrogens (tertiary/aromatic N) is 5. The van der Waals surface area contributed by atoms with Crippen LogP contribution in [0.1, 0.15) is 0 Å². The van der Waals surface area contributed by atoms with E-state index in [1.54, 1.807) is 23.5 Å². The van der Waals surface area contributed by atoms with Crippen LogP contribution >= 0.6 is 0 Å². The molecule has 0 atom stereocenters. The van der Waals surface area contributed by atoms with Crippen molar-refractivity contribution < 1.29 is 23.2 Å². The van der Waals surface area contributed by atoms with Crippen LogP contribution in [0, 0.1) is 5.82 Å². The van der Waals surface area contributed by atoms with Crippen LogP contribution in [0.25, 0.3) is 23.0 Å². The van der Waals surface area contributed by atoms with Gasteiger partial charge in [0.1, 0.15) is 29.1 Å². The summed E-state index contributed by atoms with van der Waals surface area (Å²) in [7, 11) is 0. The predicted molar refractivity (Wildman–Crippen MR) is 114 cm³/mol. The molecule has 5 rings (SSSR count). The highest BCUT2D eigenvalue weighted by Crippen LogP contribution is 2.31. The number of aromatic nitrogens is 4. The molecule has 0 spiro atoms. The van der Waals surface area contributed by atoms with Gasteiger partial charge in [-0.15, -0.1) is 0 Å². The number of halogens is 1. The van der Waals surface area contributed by atoms with Crippen LogP contribution in [0.15, 0.2) is 71.6 Å². The number of hydrogen-bond acceptors (Lipinski definition) is 8. The molecule has 3 heterocycles. The van der Waals surface area contributed by atoms with Gasteiger partial charge in [-0.1, -0.05) is 17.3 Å². The topological polar surface area (TPSA) is 103 Å². The molecule has 2 aromatic heterocycles. The third-order valence-electron chi connectivity index (χ3n) is 5.01. The largest absolute Gasteiger partial charge is 0.486 e. The number of likely N-dealkylation sites (tertiary alicyclic amines) is 1. The molecule has 0 saturated carbocycles. The van der Waals surface area contributed by atoms with E-state index in [-0.39, 0.29) is 24.4 Å². The van der Waals surface area contributed by atoms with Crippen LogP contribution in [0.4, 0.5) is 4.39 Å². The van der Waals surface area contributed by atoms with Crippen molar-refractivity contribution in [1.82, 2.24) is 25.0 Å². The minimum Gasteiger partial charge on any atom is -0.486 e. The Balaban J connectivity index is 1.18. The molecule has 33 heavy (non-hydrogen) atoms. The minimum atomic E-state index is -0.359. The standard InChI is InChI=1S/C23H18FN5O4/c24-15-5-7-16(8-6-15)31-14-21(30)29-12-17(13-29)32-20-4-2-1-3-18(20)23-27-22(28-33-23)19-11-25-9-10-26-19/h1-11,17H,12-14H2. The highest BCUT2D eigenvalue weighted by Gasteiger charge is 2.33. The fourth-order valence-electron chi connectivity index (χ4n) is 3.26. The van der Waals surface area contributed by atoms with E-state index < -0.39 is 0 Å². The third-order valence-corrected chi connectivity index (χ3v) is 5.01. The molecule has 0 N–H and O–H groups in total. The van der Waals surface area contributed by atoms with E-state index in [0.29, 0.717) is 47.6 Å². The molecule has 0 aliphatic carbocycles. The lowest BCUT2D eigenvalue weighted by atomic mass is 10.1. The van der Waals surface area contributed by atoms with Crippen LogP contribution in [-0.2, 0) is 4.79 Å². The number of ether oxygens (including phenoxy) is 2. The smallest absolute Gasteiger partial charge is 0.262 e. The summed E-state index contributed by atoms with van der Waals surface area (Å²) >= 11 is 0. The maximum absolute atomic E-state index is 13.0. The lowest BCUT2D eigenvalue weighted by Crippen LogP contribution is -2.57. The third kappa shape index (κ3) is 4.64. The van der Waals surface area contributed by atoms with Crippen LogP contribution in [0.3, 0.4) is 0 Å². The van der Waals surface area contributed by atoms with Gasteiger partial charge in [-0.05, 0) is 36.4 Å². The lowest BCUT2D eigenvalue weighted by Gasteiger charge is -2.39. The van der Waals surface area contributed by atoms with Gasteiger partial charge >= 0.3 is 0 Å². The number of carbonyl (C=O) groups is 1. The first-order chi connectivity index (χ1) is 16.2. The van der Waals surface area contributed by atoms with Crippen molar-refractivity contribution in [3.05, 3.63) is 72.9 Å². The van der Waals surface area contributed by atoms with E-state index in [0.717, 1.165) is 0 Å². The normalized spacial score (nSPS) is 13.4. The zero-order valence-corrected chi connectivity index (χ0v) is 17.3. The number of para-hydroxylation sites is 1. The molecule has 1 aliphatic heterocycles. The van der Waals surface area contributed by atoms with Gasteiger partial charge in [0, 0.05) is 12.4 Å². The van der Waals surface area contributed by atoms with Crippen molar-refractivity contribution in [1.29, 1.82) is 0 Å². The molecular weight excluding hydrogens is 429 g/mol. The van der Waals surface area contributed by atoms with Crippen LogP contribution in [0.2, 0.25) is 0 Å². The monoisotopic (exact) mass is 447 g/mol. The second kappa shape index (κ2) is 9.03. The van der Waals surface area contributed by atoms with E-state index in [2.05, 4.69) is 20.1 Å². The van der Waals surface area contributed by atoms with Crippen LogP contribution in [0.5, 0.6) is 11.5 Å². The van der Waals surface area contributed by atoms with Crippen LogP contribution in [-0.4, -0.2) is 56.7 Å². The maximum Gasteiger partial charge on any atom is 0.262 e. The average molecular weight is 447 g/mol. The molecule has 166 valence electrons. The molecule has 1 fully saturated rings. The molecule has 2 aromatic carbocycles. The van der Waals surface area contributed by atoms with Crippen molar-refractivity contribution in [2.24, 2.45) is 0 Å². The quantitative estimate of drug-likeness (QED) is 0.426. The first-order valence-electron chi connectivity index (χ1n) is 10.2. The van der Waals surface area contributed by atoms with Crippen molar-refractivity contribution in [3.8, 4) is 34.5 Å². The number of carbonyl (C=O) groups excluding carboxylic acids is 1. The number of rotatable bonds is 7. The van der Waals surface area contributed by atoms with Gasteiger partial charge in [-0.25, -0.2) is 9.37 Å². The zero-order valence-electron chi connectivity index (χ0n) is 17.3. The summed E-state index contributed by atoms with van der Waals surface area (Å²) in [6.07, 6.45) is 4.49. The van der Waals surface area contributed by atoms with Crippen molar-refractivity contribution in [2.45, 2.75) is 6.10 Å². The van der Waals surface area contributed by atoms with E-state index in [4.69, 9.17) is 14.0 Å².